The van der Waals surface area contributed by atoms with Crippen molar-refractivity contribution in [2.24, 2.45) is 11.8 Å². The Morgan fingerprint density at radius 2 is 2.19 bits per heavy atom. The second-order valence-corrected chi connectivity index (χ2v) is 5.84. The van der Waals surface area contributed by atoms with E-state index in [4.69, 9.17) is 0 Å². The van der Waals surface area contributed by atoms with E-state index in [2.05, 4.69) is 12.2 Å². The molecule has 0 heterocycles. The third-order valence-corrected chi connectivity index (χ3v) is 3.97. The first-order valence-corrected chi connectivity index (χ1v) is 6.55. The van der Waals surface area contributed by atoms with Crippen molar-refractivity contribution in [3.63, 3.8) is 0 Å². The maximum absolute atomic E-state index is 11.8. The van der Waals surface area contributed by atoms with Crippen molar-refractivity contribution in [2.75, 3.05) is 6.61 Å². The molecule has 16 heavy (non-hydrogen) atoms. The van der Waals surface area contributed by atoms with Crippen LogP contribution < -0.4 is 5.32 Å². The SMILES string of the molecule is CC1CCCC(CO)(NC(=O)CC2CC2)C1. The zero-order valence-corrected chi connectivity index (χ0v) is 10.2. The Hall–Kier alpha value is -0.570. The van der Waals surface area contributed by atoms with Gasteiger partial charge in [0.25, 0.3) is 0 Å². The molecule has 92 valence electrons. The second kappa shape index (κ2) is 4.74. The minimum Gasteiger partial charge on any atom is -0.394 e. The van der Waals surface area contributed by atoms with Gasteiger partial charge in [-0.15, -0.1) is 0 Å². The lowest BCUT2D eigenvalue weighted by Gasteiger charge is -2.39. The zero-order valence-electron chi connectivity index (χ0n) is 10.2. The van der Waals surface area contributed by atoms with E-state index in [1.807, 2.05) is 0 Å². The van der Waals surface area contributed by atoms with Gasteiger partial charge < -0.3 is 10.4 Å². The highest BCUT2D eigenvalue weighted by molar-refractivity contribution is 5.77. The number of nitrogens with one attached hydrogen (secondary N) is 1. The molecule has 2 fully saturated rings. The molecule has 0 aromatic carbocycles. The standard InChI is InChI=1S/C13H23NO2/c1-10-3-2-6-13(8-10,9-15)14-12(16)7-11-4-5-11/h10-11,15H,2-9H2,1H3,(H,14,16). The number of carbonyl (C=O) groups excluding carboxylic acids is 1. The lowest BCUT2D eigenvalue weighted by atomic mass is 9.76. The van der Waals surface area contributed by atoms with Gasteiger partial charge in [0.2, 0.25) is 5.91 Å². The third kappa shape index (κ3) is 2.97. The molecule has 1 amide bonds. The van der Waals surface area contributed by atoms with Crippen LogP contribution in [-0.4, -0.2) is 23.2 Å². The molecule has 3 nitrogen and oxygen atoms in total. The van der Waals surface area contributed by atoms with E-state index in [1.54, 1.807) is 0 Å². The first kappa shape index (κ1) is 11.9. The summed E-state index contributed by atoms with van der Waals surface area (Å²) in [4.78, 5) is 11.8. The van der Waals surface area contributed by atoms with Crippen LogP contribution >= 0.6 is 0 Å². The van der Waals surface area contributed by atoms with E-state index in [9.17, 15) is 9.90 Å². The van der Waals surface area contributed by atoms with Gasteiger partial charge in [-0.1, -0.05) is 19.8 Å². The molecular formula is C13H23NO2. The molecule has 0 aliphatic heterocycles. The van der Waals surface area contributed by atoms with Gasteiger partial charge in [0, 0.05) is 6.42 Å². The van der Waals surface area contributed by atoms with Crippen LogP contribution in [0.15, 0.2) is 0 Å². The second-order valence-electron chi connectivity index (χ2n) is 5.84. The van der Waals surface area contributed by atoms with Gasteiger partial charge in [-0.3, -0.25) is 4.79 Å². The van der Waals surface area contributed by atoms with E-state index >= 15 is 0 Å². The number of rotatable bonds is 4. The van der Waals surface area contributed by atoms with Gasteiger partial charge in [0.05, 0.1) is 12.1 Å². The molecule has 2 rings (SSSR count). The van der Waals surface area contributed by atoms with Crippen LogP contribution in [0.3, 0.4) is 0 Å². The molecule has 0 aromatic rings. The number of amides is 1. The molecule has 0 spiro atoms. The van der Waals surface area contributed by atoms with Crippen molar-refractivity contribution in [2.45, 2.75) is 57.4 Å². The molecule has 2 saturated carbocycles. The van der Waals surface area contributed by atoms with Crippen LogP contribution in [0.5, 0.6) is 0 Å². The van der Waals surface area contributed by atoms with Crippen molar-refractivity contribution < 1.29 is 9.90 Å². The van der Waals surface area contributed by atoms with Gasteiger partial charge in [0.15, 0.2) is 0 Å². The minimum absolute atomic E-state index is 0.0910. The van der Waals surface area contributed by atoms with Crippen molar-refractivity contribution in [1.82, 2.24) is 5.32 Å². The molecule has 0 aromatic heterocycles. The first-order chi connectivity index (χ1) is 7.63. The number of carbonyl (C=O) groups is 1. The predicted octanol–water partition coefficient (Wildman–Crippen LogP) is 1.84. The van der Waals surface area contributed by atoms with E-state index in [0.717, 1.165) is 19.3 Å². The lowest BCUT2D eigenvalue weighted by Crippen LogP contribution is -2.53. The van der Waals surface area contributed by atoms with Crippen LogP contribution in [0.4, 0.5) is 0 Å². The zero-order chi connectivity index (χ0) is 11.6. The quantitative estimate of drug-likeness (QED) is 0.767. The number of hydrogen-bond acceptors (Lipinski definition) is 2. The molecule has 0 bridgehead atoms. The fourth-order valence-electron chi connectivity index (χ4n) is 2.89. The van der Waals surface area contributed by atoms with E-state index < -0.39 is 0 Å². The Morgan fingerprint density at radius 1 is 1.44 bits per heavy atom. The van der Waals surface area contributed by atoms with Crippen LogP contribution in [0.1, 0.15) is 51.9 Å². The molecule has 2 aliphatic carbocycles. The van der Waals surface area contributed by atoms with Gasteiger partial charge in [0.1, 0.15) is 0 Å². The Labute approximate surface area is 97.6 Å². The maximum atomic E-state index is 11.8. The monoisotopic (exact) mass is 225 g/mol. The fraction of sp³-hybridized carbons (Fsp3) is 0.923. The largest absolute Gasteiger partial charge is 0.394 e. The highest BCUT2D eigenvalue weighted by Crippen LogP contribution is 2.34. The molecule has 2 N–H and O–H groups in total. The molecule has 2 atom stereocenters. The van der Waals surface area contributed by atoms with Crippen LogP contribution in [0, 0.1) is 11.8 Å². The molecule has 0 radical (unpaired) electrons. The number of hydrogen-bond donors (Lipinski definition) is 2. The lowest BCUT2D eigenvalue weighted by molar-refractivity contribution is -0.124. The van der Waals surface area contributed by atoms with E-state index in [0.29, 0.717) is 18.3 Å². The average molecular weight is 225 g/mol. The van der Waals surface area contributed by atoms with E-state index in [-0.39, 0.29) is 18.1 Å². The summed E-state index contributed by atoms with van der Waals surface area (Å²) >= 11 is 0. The summed E-state index contributed by atoms with van der Waals surface area (Å²) in [6.07, 6.45) is 7.28. The summed E-state index contributed by atoms with van der Waals surface area (Å²) in [5.74, 6) is 1.38. The smallest absolute Gasteiger partial charge is 0.220 e. The Balaban J connectivity index is 1.88. The fourth-order valence-corrected chi connectivity index (χ4v) is 2.89. The summed E-state index contributed by atoms with van der Waals surface area (Å²) in [7, 11) is 0. The van der Waals surface area contributed by atoms with Crippen molar-refractivity contribution in [1.29, 1.82) is 0 Å². The topological polar surface area (TPSA) is 49.3 Å². The molecule has 3 heteroatoms. The normalized spacial score (nSPS) is 34.8. The van der Waals surface area contributed by atoms with Gasteiger partial charge in [-0.25, -0.2) is 0 Å². The van der Waals surface area contributed by atoms with Crippen LogP contribution in [-0.2, 0) is 4.79 Å². The highest BCUT2D eigenvalue weighted by Gasteiger charge is 2.36. The average Bonchev–Trinajstić information content (AvgIpc) is 3.01. The summed E-state index contributed by atoms with van der Waals surface area (Å²) in [5, 5.41) is 12.6. The maximum Gasteiger partial charge on any atom is 0.220 e. The van der Waals surface area contributed by atoms with Crippen LogP contribution in [0.25, 0.3) is 0 Å². The Kier molecular flexibility index (Phi) is 3.53. The minimum atomic E-state index is -0.316. The predicted molar refractivity (Wildman–Crippen MR) is 62.9 cm³/mol. The molecule has 2 aliphatic rings. The Morgan fingerprint density at radius 3 is 2.75 bits per heavy atom. The molecule has 0 saturated heterocycles. The number of aliphatic hydroxyl groups is 1. The number of aliphatic hydroxyl groups excluding tert-OH is 1. The van der Waals surface area contributed by atoms with Crippen LogP contribution in [0.2, 0.25) is 0 Å². The van der Waals surface area contributed by atoms with Gasteiger partial charge in [-0.05, 0) is 37.5 Å². The van der Waals surface area contributed by atoms with Gasteiger partial charge >= 0.3 is 0 Å². The van der Waals surface area contributed by atoms with Gasteiger partial charge in [-0.2, -0.15) is 0 Å². The van der Waals surface area contributed by atoms with Crippen molar-refractivity contribution in [3.8, 4) is 0 Å². The van der Waals surface area contributed by atoms with E-state index in [1.165, 1.54) is 19.3 Å². The molecular weight excluding hydrogens is 202 g/mol. The molecule has 2 unspecified atom stereocenters. The Bertz CT molecular complexity index is 263. The first-order valence-electron chi connectivity index (χ1n) is 6.55. The summed E-state index contributed by atoms with van der Waals surface area (Å²) in [6.45, 7) is 2.30. The third-order valence-electron chi connectivity index (χ3n) is 3.97. The highest BCUT2D eigenvalue weighted by atomic mass is 16.3. The summed E-state index contributed by atoms with van der Waals surface area (Å²) in [6, 6.07) is 0. The van der Waals surface area contributed by atoms with Crippen molar-refractivity contribution in [3.05, 3.63) is 0 Å². The summed E-state index contributed by atoms with van der Waals surface area (Å²) < 4.78 is 0. The van der Waals surface area contributed by atoms with Crippen molar-refractivity contribution >= 4 is 5.91 Å². The summed E-state index contributed by atoms with van der Waals surface area (Å²) in [5.41, 5.74) is -0.316.